The van der Waals surface area contributed by atoms with Crippen molar-refractivity contribution in [3.63, 3.8) is 0 Å². The summed E-state index contributed by atoms with van der Waals surface area (Å²) in [5.74, 6) is 0. The van der Waals surface area contributed by atoms with Crippen LogP contribution in [0.5, 0.6) is 0 Å². The van der Waals surface area contributed by atoms with E-state index < -0.39 is 0 Å². The Morgan fingerprint density at radius 2 is 1.45 bits per heavy atom. The molecule has 0 spiro atoms. The number of piperazine rings is 1. The van der Waals surface area contributed by atoms with E-state index in [0.717, 1.165) is 55.8 Å². The van der Waals surface area contributed by atoms with Gasteiger partial charge in [-0.3, -0.25) is 4.90 Å². The Morgan fingerprint density at radius 3 is 2.03 bits per heavy atom. The van der Waals surface area contributed by atoms with E-state index in [-0.39, 0.29) is 0 Å². The molecule has 1 saturated heterocycles. The molecule has 1 aliphatic heterocycles. The maximum absolute atomic E-state index is 5.59. The third-order valence-corrected chi connectivity index (χ3v) is 5.53. The number of rotatable bonds is 5. The molecule has 2 aromatic rings. The number of nitrogens with one attached hydrogen (secondary N) is 3. The van der Waals surface area contributed by atoms with Gasteiger partial charge in [-0.1, -0.05) is 24.3 Å². The van der Waals surface area contributed by atoms with Gasteiger partial charge in [-0.15, -0.1) is 0 Å². The van der Waals surface area contributed by atoms with E-state index in [4.69, 9.17) is 24.4 Å². The first-order valence-corrected chi connectivity index (χ1v) is 10.8. The van der Waals surface area contributed by atoms with Crippen LogP contribution >= 0.6 is 24.4 Å². The predicted octanol–water partition coefficient (Wildman–Crippen LogP) is 3.60. The molecule has 1 fully saturated rings. The Hall–Kier alpha value is -2.22. The minimum Gasteiger partial charge on any atom is -0.361 e. The fourth-order valence-electron chi connectivity index (χ4n) is 3.33. The summed E-state index contributed by atoms with van der Waals surface area (Å²) in [5.41, 5.74) is 4.51. The molecule has 0 radical (unpaired) electrons. The van der Waals surface area contributed by atoms with E-state index in [0.29, 0.717) is 5.11 Å². The van der Waals surface area contributed by atoms with Crippen molar-refractivity contribution in [2.75, 3.05) is 49.9 Å². The van der Waals surface area contributed by atoms with Gasteiger partial charge in [-0.05, 0) is 73.7 Å². The number of anilines is 2. The van der Waals surface area contributed by atoms with Crippen LogP contribution in [0.3, 0.4) is 0 Å². The molecule has 0 aromatic heterocycles. The van der Waals surface area contributed by atoms with Gasteiger partial charge in [0.25, 0.3) is 0 Å². The highest BCUT2D eigenvalue weighted by Gasteiger charge is 2.18. The maximum Gasteiger partial charge on any atom is 0.173 e. The molecule has 7 heteroatoms. The number of aryl methyl sites for hydroxylation is 2. The van der Waals surface area contributed by atoms with Crippen LogP contribution in [-0.4, -0.2) is 59.3 Å². The number of hydrogen-bond donors (Lipinski definition) is 3. The molecule has 0 unspecified atom stereocenters. The molecule has 1 aliphatic rings. The molecule has 3 rings (SSSR count). The van der Waals surface area contributed by atoms with Crippen LogP contribution in [0.4, 0.5) is 11.4 Å². The van der Waals surface area contributed by atoms with Crippen molar-refractivity contribution < 1.29 is 0 Å². The minimum absolute atomic E-state index is 0.665. The van der Waals surface area contributed by atoms with Gasteiger partial charge in [0, 0.05) is 50.6 Å². The summed E-state index contributed by atoms with van der Waals surface area (Å²) in [6.07, 6.45) is 0. The van der Waals surface area contributed by atoms with E-state index in [2.05, 4.69) is 69.9 Å². The lowest BCUT2D eigenvalue weighted by molar-refractivity contribution is 0.186. The molecule has 2 aromatic carbocycles. The van der Waals surface area contributed by atoms with Gasteiger partial charge in [0.05, 0.1) is 0 Å². The van der Waals surface area contributed by atoms with Crippen LogP contribution in [-0.2, 0) is 0 Å². The van der Waals surface area contributed by atoms with Gasteiger partial charge >= 0.3 is 0 Å². The molecule has 29 heavy (non-hydrogen) atoms. The zero-order chi connectivity index (χ0) is 20.6. The van der Waals surface area contributed by atoms with Gasteiger partial charge in [-0.25, -0.2) is 0 Å². The monoisotopic (exact) mass is 427 g/mol. The van der Waals surface area contributed by atoms with Crippen LogP contribution in [0.1, 0.15) is 11.1 Å². The number of hydrogen-bond acceptors (Lipinski definition) is 3. The number of thiocarbonyl (C=S) groups is 2. The Kier molecular flexibility index (Phi) is 7.80. The maximum atomic E-state index is 5.59. The number of nitrogens with zero attached hydrogens (tertiary/aromatic N) is 2. The van der Waals surface area contributed by atoms with Crippen LogP contribution < -0.4 is 16.0 Å². The lowest BCUT2D eigenvalue weighted by Gasteiger charge is -2.36. The van der Waals surface area contributed by atoms with Gasteiger partial charge in [0.1, 0.15) is 0 Å². The first-order valence-electron chi connectivity index (χ1n) is 9.96. The van der Waals surface area contributed by atoms with Crippen LogP contribution in [0, 0.1) is 13.8 Å². The van der Waals surface area contributed by atoms with Crippen molar-refractivity contribution >= 4 is 46.0 Å². The highest BCUT2D eigenvalue weighted by molar-refractivity contribution is 7.80. The van der Waals surface area contributed by atoms with Crippen molar-refractivity contribution in [1.82, 2.24) is 15.1 Å². The summed E-state index contributed by atoms with van der Waals surface area (Å²) in [6.45, 7) is 9.80. The largest absolute Gasteiger partial charge is 0.361 e. The highest BCUT2D eigenvalue weighted by atomic mass is 32.1. The fraction of sp³-hybridized carbons (Fsp3) is 0.364. The zero-order valence-corrected chi connectivity index (χ0v) is 18.7. The van der Waals surface area contributed by atoms with Crippen LogP contribution in [0.15, 0.2) is 48.5 Å². The highest BCUT2D eigenvalue weighted by Crippen LogP contribution is 2.12. The molecule has 0 atom stereocenters. The Balaban J connectivity index is 1.34. The molecule has 1 heterocycles. The molecule has 0 amide bonds. The van der Waals surface area contributed by atoms with Crippen molar-refractivity contribution in [1.29, 1.82) is 0 Å². The van der Waals surface area contributed by atoms with Gasteiger partial charge < -0.3 is 20.9 Å². The normalized spacial score (nSPS) is 14.3. The average molecular weight is 428 g/mol. The fourth-order valence-corrected chi connectivity index (χ4v) is 3.85. The predicted molar refractivity (Wildman–Crippen MR) is 131 cm³/mol. The molecular formula is C22H29N5S2. The summed E-state index contributed by atoms with van der Waals surface area (Å²) in [4.78, 5) is 4.68. The SMILES string of the molecule is Cc1cccc(NC(=S)NCCN2CCN(C(=S)Nc3cccc(C)c3)CC2)c1. The summed E-state index contributed by atoms with van der Waals surface area (Å²) >= 11 is 11.0. The molecule has 0 bridgehead atoms. The lowest BCUT2D eigenvalue weighted by atomic mass is 10.2. The van der Waals surface area contributed by atoms with Crippen LogP contribution in [0.25, 0.3) is 0 Å². The van der Waals surface area contributed by atoms with E-state index in [1.807, 2.05) is 18.2 Å². The van der Waals surface area contributed by atoms with Crippen molar-refractivity contribution in [2.24, 2.45) is 0 Å². The summed E-state index contributed by atoms with van der Waals surface area (Å²) in [6, 6.07) is 16.5. The van der Waals surface area contributed by atoms with Gasteiger partial charge in [-0.2, -0.15) is 0 Å². The van der Waals surface area contributed by atoms with Crippen molar-refractivity contribution in [3.05, 3.63) is 59.7 Å². The molecule has 154 valence electrons. The van der Waals surface area contributed by atoms with E-state index >= 15 is 0 Å². The Labute approximate surface area is 184 Å². The van der Waals surface area contributed by atoms with Crippen molar-refractivity contribution in [2.45, 2.75) is 13.8 Å². The van der Waals surface area contributed by atoms with Gasteiger partial charge in [0.2, 0.25) is 0 Å². The zero-order valence-electron chi connectivity index (χ0n) is 17.1. The number of benzene rings is 2. The first-order chi connectivity index (χ1) is 14.0. The topological polar surface area (TPSA) is 42.6 Å². The molecule has 0 saturated carbocycles. The molecular weight excluding hydrogens is 398 g/mol. The average Bonchev–Trinajstić information content (AvgIpc) is 2.68. The third kappa shape index (κ3) is 6.96. The second-order valence-electron chi connectivity index (χ2n) is 7.38. The summed E-state index contributed by atoms with van der Waals surface area (Å²) < 4.78 is 0. The Morgan fingerprint density at radius 1 is 0.862 bits per heavy atom. The lowest BCUT2D eigenvalue weighted by Crippen LogP contribution is -2.51. The minimum atomic E-state index is 0.665. The van der Waals surface area contributed by atoms with Gasteiger partial charge in [0.15, 0.2) is 10.2 Å². The van der Waals surface area contributed by atoms with E-state index in [9.17, 15) is 0 Å². The van der Waals surface area contributed by atoms with Crippen molar-refractivity contribution in [3.8, 4) is 0 Å². The van der Waals surface area contributed by atoms with E-state index in [1.54, 1.807) is 0 Å². The summed E-state index contributed by atoms with van der Waals surface area (Å²) in [7, 11) is 0. The first kappa shape index (κ1) is 21.5. The standard InChI is InChI=1S/C22H29N5S2/c1-17-5-3-7-19(15-17)24-21(28)23-9-10-26-11-13-27(14-12-26)22(29)25-20-8-4-6-18(2)16-20/h3-8,15-16H,9-14H2,1-2H3,(H,25,29)(H2,23,24,28). The second kappa shape index (κ2) is 10.5. The third-order valence-electron chi connectivity index (χ3n) is 4.92. The van der Waals surface area contributed by atoms with Crippen LogP contribution in [0.2, 0.25) is 0 Å². The quantitative estimate of drug-likeness (QED) is 0.630. The molecule has 0 aliphatic carbocycles. The molecule has 3 N–H and O–H groups in total. The second-order valence-corrected chi connectivity index (χ2v) is 8.17. The smallest absolute Gasteiger partial charge is 0.173 e. The summed E-state index contributed by atoms with van der Waals surface area (Å²) in [5, 5.41) is 11.4. The van der Waals surface area contributed by atoms with E-state index in [1.165, 1.54) is 11.1 Å². The Bertz CT molecular complexity index is 844. The molecule has 5 nitrogen and oxygen atoms in total.